The van der Waals surface area contributed by atoms with E-state index in [1.54, 1.807) is 0 Å². The molecule has 0 fully saturated rings. The van der Waals surface area contributed by atoms with Gasteiger partial charge in [0.05, 0.1) is 10.6 Å². The number of benzene rings is 2. The third kappa shape index (κ3) is 2.28. The minimum Gasteiger partial charge on any atom is -0.870 e. The van der Waals surface area contributed by atoms with E-state index in [4.69, 9.17) is 16.7 Å². The van der Waals surface area contributed by atoms with Crippen LogP contribution in [0.4, 0.5) is 4.39 Å². The van der Waals surface area contributed by atoms with E-state index < -0.39 is 17.5 Å². The van der Waals surface area contributed by atoms with E-state index >= 15 is 0 Å². The second kappa shape index (κ2) is 4.66. The summed E-state index contributed by atoms with van der Waals surface area (Å²) >= 11 is 5.81. The highest BCUT2D eigenvalue weighted by atomic mass is 35.5. The first-order chi connectivity index (χ1) is 8.49. The molecule has 0 aliphatic carbocycles. The van der Waals surface area contributed by atoms with Crippen molar-refractivity contribution in [1.29, 1.82) is 0 Å². The van der Waals surface area contributed by atoms with Crippen LogP contribution in [-0.2, 0) is 0 Å². The fourth-order valence-electron chi connectivity index (χ4n) is 1.55. The van der Waals surface area contributed by atoms with Gasteiger partial charge in [-0.15, -0.1) is 0 Å². The van der Waals surface area contributed by atoms with E-state index in [0.717, 1.165) is 12.1 Å². The first-order valence-corrected chi connectivity index (χ1v) is 5.36. The zero-order chi connectivity index (χ0) is 13.3. The maximum atomic E-state index is 13.1. The van der Waals surface area contributed by atoms with Crippen LogP contribution in [-0.4, -0.2) is 11.1 Å². The molecule has 2 aromatic rings. The Morgan fingerprint density at radius 1 is 1.17 bits per heavy atom. The van der Waals surface area contributed by atoms with Crippen LogP contribution >= 0.6 is 11.6 Å². The van der Waals surface area contributed by atoms with Crippen LogP contribution in [0.15, 0.2) is 36.4 Å². The molecule has 0 heterocycles. The normalized spacial score (nSPS) is 10.3. The van der Waals surface area contributed by atoms with Crippen molar-refractivity contribution >= 4 is 17.6 Å². The van der Waals surface area contributed by atoms with E-state index in [2.05, 4.69) is 0 Å². The van der Waals surface area contributed by atoms with Gasteiger partial charge in [-0.05, 0) is 29.3 Å². The van der Waals surface area contributed by atoms with Crippen molar-refractivity contribution in [3.05, 3.63) is 52.8 Å². The first kappa shape index (κ1) is 12.4. The second-order valence-electron chi connectivity index (χ2n) is 3.64. The summed E-state index contributed by atoms with van der Waals surface area (Å²) in [7, 11) is 0. The van der Waals surface area contributed by atoms with Crippen LogP contribution in [0.3, 0.4) is 0 Å². The Balaban J connectivity index is 2.48. The van der Waals surface area contributed by atoms with Crippen molar-refractivity contribution in [3.8, 4) is 16.9 Å². The minimum absolute atomic E-state index is 0.0265. The molecule has 1 N–H and O–H groups in total. The quantitative estimate of drug-likeness (QED) is 0.908. The number of aromatic carboxylic acids is 1. The lowest BCUT2D eigenvalue weighted by molar-refractivity contribution is -0.272. The van der Waals surface area contributed by atoms with Gasteiger partial charge < -0.3 is 10.2 Å². The van der Waals surface area contributed by atoms with Crippen LogP contribution in [0.2, 0.25) is 5.02 Å². The molecule has 0 aliphatic heterocycles. The monoisotopic (exact) mass is 265 g/mol. The molecule has 0 saturated heterocycles. The highest BCUT2D eigenvalue weighted by Crippen LogP contribution is 2.27. The Labute approximate surface area is 107 Å². The van der Waals surface area contributed by atoms with Gasteiger partial charge in [-0.3, -0.25) is 0 Å². The molecule has 0 aliphatic rings. The molecule has 5 heteroatoms. The van der Waals surface area contributed by atoms with E-state index in [1.165, 1.54) is 24.3 Å². The van der Waals surface area contributed by atoms with Gasteiger partial charge in [0.25, 0.3) is 0 Å². The summed E-state index contributed by atoms with van der Waals surface area (Å²) in [5, 5.41) is 19.8. The molecule has 2 rings (SSSR count). The van der Waals surface area contributed by atoms with E-state index in [-0.39, 0.29) is 10.6 Å². The highest BCUT2D eigenvalue weighted by molar-refractivity contribution is 6.33. The Bertz CT molecular complexity index is 626. The fourth-order valence-corrected chi connectivity index (χ4v) is 1.81. The molecular formula is C13H7ClFO3-. The maximum Gasteiger partial charge on any atom is 0.337 e. The van der Waals surface area contributed by atoms with Crippen molar-refractivity contribution in [2.24, 2.45) is 0 Å². The summed E-state index contributed by atoms with van der Waals surface area (Å²) in [6.07, 6.45) is 0. The summed E-state index contributed by atoms with van der Waals surface area (Å²) in [6, 6.07) is 7.93. The lowest BCUT2D eigenvalue weighted by atomic mass is 10.0. The van der Waals surface area contributed by atoms with E-state index in [9.17, 15) is 14.3 Å². The summed E-state index contributed by atoms with van der Waals surface area (Å²) in [5.41, 5.74) is 0.983. The van der Waals surface area contributed by atoms with Crippen molar-refractivity contribution in [1.82, 2.24) is 0 Å². The van der Waals surface area contributed by atoms with Gasteiger partial charge in [0.2, 0.25) is 0 Å². The van der Waals surface area contributed by atoms with Gasteiger partial charge in [-0.1, -0.05) is 35.5 Å². The van der Waals surface area contributed by atoms with Gasteiger partial charge >= 0.3 is 5.97 Å². The van der Waals surface area contributed by atoms with Crippen LogP contribution in [0.1, 0.15) is 10.4 Å². The Kier molecular flexibility index (Phi) is 3.21. The zero-order valence-corrected chi connectivity index (χ0v) is 9.74. The molecule has 0 spiro atoms. The molecule has 92 valence electrons. The lowest BCUT2D eigenvalue weighted by Crippen LogP contribution is -1.97. The van der Waals surface area contributed by atoms with Crippen molar-refractivity contribution in [3.63, 3.8) is 0 Å². The summed E-state index contributed by atoms with van der Waals surface area (Å²) in [4.78, 5) is 10.8. The molecule has 18 heavy (non-hydrogen) atoms. The number of carboxylic acid groups (broad SMARTS) is 1. The molecule has 0 unspecified atom stereocenters. The molecule has 0 radical (unpaired) electrons. The molecule has 3 nitrogen and oxygen atoms in total. The van der Waals surface area contributed by atoms with Gasteiger partial charge in [0.15, 0.2) is 0 Å². The number of hydrogen-bond acceptors (Lipinski definition) is 2. The number of carboxylic acids is 1. The summed E-state index contributed by atoms with van der Waals surface area (Å²) < 4.78 is 13.1. The third-order valence-corrected chi connectivity index (χ3v) is 2.78. The van der Waals surface area contributed by atoms with Gasteiger partial charge in [-0.2, -0.15) is 0 Å². The topological polar surface area (TPSA) is 60.4 Å². The zero-order valence-electron chi connectivity index (χ0n) is 8.98. The Hall–Kier alpha value is -2.07. The average molecular weight is 266 g/mol. The number of halogens is 2. The predicted octanol–water partition coefficient (Wildman–Crippen LogP) is 2.92. The molecular weight excluding hydrogens is 259 g/mol. The van der Waals surface area contributed by atoms with Gasteiger partial charge in [0.1, 0.15) is 5.82 Å². The van der Waals surface area contributed by atoms with Crippen molar-refractivity contribution in [2.45, 2.75) is 0 Å². The number of rotatable bonds is 2. The van der Waals surface area contributed by atoms with E-state index in [1.807, 2.05) is 0 Å². The van der Waals surface area contributed by atoms with Crippen LogP contribution in [0.5, 0.6) is 5.75 Å². The second-order valence-corrected chi connectivity index (χ2v) is 4.05. The minimum atomic E-state index is -1.13. The SMILES string of the molecule is O=C(O)c1ccc(-c2ccc([O-])c(F)c2)cc1Cl. The largest absolute Gasteiger partial charge is 0.870 e. The number of hydrogen-bond donors (Lipinski definition) is 1. The van der Waals surface area contributed by atoms with Crippen LogP contribution in [0.25, 0.3) is 11.1 Å². The van der Waals surface area contributed by atoms with Crippen LogP contribution < -0.4 is 5.11 Å². The fraction of sp³-hybridized carbons (Fsp3) is 0. The summed E-state index contributed by atoms with van der Waals surface area (Å²) in [5.74, 6) is -2.68. The predicted molar refractivity (Wildman–Crippen MR) is 63.3 cm³/mol. The first-order valence-electron chi connectivity index (χ1n) is 4.99. The smallest absolute Gasteiger partial charge is 0.337 e. The van der Waals surface area contributed by atoms with Gasteiger partial charge in [-0.25, -0.2) is 9.18 Å². The average Bonchev–Trinajstić information content (AvgIpc) is 2.32. The third-order valence-electron chi connectivity index (χ3n) is 2.46. The van der Waals surface area contributed by atoms with Crippen molar-refractivity contribution < 1.29 is 19.4 Å². The van der Waals surface area contributed by atoms with Gasteiger partial charge in [0, 0.05) is 0 Å². The van der Waals surface area contributed by atoms with E-state index in [0.29, 0.717) is 11.1 Å². The molecule has 0 aromatic heterocycles. The Morgan fingerprint density at radius 2 is 1.78 bits per heavy atom. The van der Waals surface area contributed by atoms with Crippen molar-refractivity contribution in [2.75, 3.05) is 0 Å². The number of carbonyl (C=O) groups is 1. The Morgan fingerprint density at radius 3 is 2.33 bits per heavy atom. The lowest BCUT2D eigenvalue weighted by Gasteiger charge is -2.09. The molecule has 0 atom stereocenters. The summed E-state index contributed by atoms with van der Waals surface area (Å²) in [6.45, 7) is 0. The highest BCUT2D eigenvalue weighted by Gasteiger charge is 2.10. The standard InChI is InChI=1S/C13H8ClFO3/c14-10-5-7(1-3-9(10)13(17)18)8-2-4-12(16)11(15)6-8/h1-6,16H,(H,17,18)/p-1. The maximum absolute atomic E-state index is 13.1. The molecule has 0 saturated carbocycles. The van der Waals surface area contributed by atoms with Crippen LogP contribution in [0, 0.1) is 5.82 Å². The molecule has 2 aromatic carbocycles. The molecule has 0 amide bonds. The molecule has 0 bridgehead atoms.